The summed E-state index contributed by atoms with van der Waals surface area (Å²) in [6, 6.07) is 15.1. The van der Waals surface area contributed by atoms with Crippen molar-refractivity contribution in [3.63, 3.8) is 0 Å². The zero-order valence-electron chi connectivity index (χ0n) is 14.7. The van der Waals surface area contributed by atoms with Gasteiger partial charge in [0.1, 0.15) is 11.4 Å². The summed E-state index contributed by atoms with van der Waals surface area (Å²) in [5.74, 6) is -0.168. The maximum atomic E-state index is 11.6. The number of aryl methyl sites for hydroxylation is 1. The van der Waals surface area contributed by atoms with Crippen LogP contribution < -0.4 is 4.74 Å². The third-order valence-corrected chi connectivity index (χ3v) is 3.52. The zero-order valence-corrected chi connectivity index (χ0v) is 14.7. The van der Waals surface area contributed by atoms with Crippen LogP contribution in [-0.2, 0) is 11.2 Å². The van der Waals surface area contributed by atoms with Crippen LogP contribution in [0.2, 0.25) is 0 Å². The summed E-state index contributed by atoms with van der Waals surface area (Å²) in [5, 5.41) is 9.53. The number of benzene rings is 2. The second-order valence-corrected chi connectivity index (χ2v) is 6.70. The normalized spacial score (nSPS) is 12.1. The highest BCUT2D eigenvalue weighted by molar-refractivity contribution is 6.20. The predicted molar refractivity (Wildman–Crippen MR) is 98.1 cm³/mol. The quantitative estimate of drug-likeness (QED) is 0.618. The molecule has 0 bridgehead atoms. The summed E-state index contributed by atoms with van der Waals surface area (Å²) in [6.07, 6.45) is 2.62. The molecule has 1 N–H and O–H groups in total. The highest BCUT2D eigenvalue weighted by Gasteiger charge is 2.12. The molecular formula is C21H24O3. The Morgan fingerprint density at radius 3 is 2.08 bits per heavy atom. The molecule has 0 aliphatic carbocycles. The maximum absolute atomic E-state index is 11.6. The Kier molecular flexibility index (Phi) is 5.45. The minimum Gasteiger partial charge on any atom is -0.488 e. The summed E-state index contributed by atoms with van der Waals surface area (Å²) in [5.41, 5.74) is 2.74. The first-order valence-corrected chi connectivity index (χ1v) is 8.12. The molecule has 24 heavy (non-hydrogen) atoms. The van der Waals surface area contributed by atoms with E-state index >= 15 is 0 Å². The molecule has 0 spiro atoms. The van der Waals surface area contributed by atoms with E-state index in [9.17, 15) is 9.90 Å². The lowest BCUT2D eigenvalue weighted by Crippen LogP contribution is -2.22. The minimum absolute atomic E-state index is 0.259. The van der Waals surface area contributed by atoms with Gasteiger partial charge >= 0.3 is 5.97 Å². The van der Waals surface area contributed by atoms with Crippen molar-refractivity contribution in [2.24, 2.45) is 0 Å². The van der Waals surface area contributed by atoms with Crippen molar-refractivity contribution in [3.05, 3.63) is 65.2 Å². The molecule has 0 saturated heterocycles. The van der Waals surface area contributed by atoms with Gasteiger partial charge in [-0.1, -0.05) is 43.3 Å². The minimum atomic E-state index is -0.936. The van der Waals surface area contributed by atoms with E-state index in [1.54, 1.807) is 6.08 Å². The van der Waals surface area contributed by atoms with Gasteiger partial charge in [0.25, 0.3) is 0 Å². The van der Waals surface area contributed by atoms with Crippen LogP contribution in [0.1, 0.15) is 44.4 Å². The first kappa shape index (κ1) is 17.8. The van der Waals surface area contributed by atoms with E-state index in [4.69, 9.17) is 4.74 Å². The molecule has 3 nitrogen and oxygen atoms in total. The summed E-state index contributed by atoms with van der Waals surface area (Å²) in [4.78, 5) is 11.6. The average molecular weight is 324 g/mol. The van der Waals surface area contributed by atoms with Crippen molar-refractivity contribution >= 4 is 17.6 Å². The second kappa shape index (κ2) is 7.35. The van der Waals surface area contributed by atoms with Gasteiger partial charge in [0.15, 0.2) is 0 Å². The van der Waals surface area contributed by atoms with E-state index in [1.807, 2.05) is 69.3 Å². The van der Waals surface area contributed by atoms with E-state index in [0.717, 1.165) is 17.7 Å². The van der Waals surface area contributed by atoms with Crippen LogP contribution in [0.3, 0.4) is 0 Å². The Bertz CT molecular complexity index is 717. The lowest BCUT2D eigenvalue weighted by atomic mass is 10.0. The number of hydrogen-bond donors (Lipinski definition) is 1. The number of hydrogen-bond acceptors (Lipinski definition) is 2. The molecule has 0 saturated carbocycles. The first-order chi connectivity index (χ1) is 11.3. The third kappa shape index (κ3) is 4.98. The fourth-order valence-corrected chi connectivity index (χ4v) is 2.34. The van der Waals surface area contributed by atoms with Gasteiger partial charge in [0, 0.05) is 0 Å². The van der Waals surface area contributed by atoms with Gasteiger partial charge in [-0.05, 0) is 62.1 Å². The van der Waals surface area contributed by atoms with Crippen molar-refractivity contribution in [2.75, 3.05) is 0 Å². The Balaban J connectivity index is 2.28. The van der Waals surface area contributed by atoms with E-state index < -0.39 is 5.97 Å². The van der Waals surface area contributed by atoms with Crippen molar-refractivity contribution in [1.82, 2.24) is 0 Å². The monoisotopic (exact) mass is 324 g/mol. The van der Waals surface area contributed by atoms with Crippen molar-refractivity contribution in [2.45, 2.75) is 39.7 Å². The van der Waals surface area contributed by atoms with E-state index in [1.165, 1.54) is 5.56 Å². The molecule has 0 fully saturated rings. The van der Waals surface area contributed by atoms with Crippen molar-refractivity contribution in [1.29, 1.82) is 0 Å². The molecule has 0 amide bonds. The van der Waals surface area contributed by atoms with Crippen LogP contribution in [0.5, 0.6) is 5.75 Å². The highest BCUT2D eigenvalue weighted by Crippen LogP contribution is 2.23. The molecule has 0 aliphatic rings. The molecule has 2 aromatic carbocycles. The molecule has 0 aromatic heterocycles. The summed E-state index contributed by atoms with van der Waals surface area (Å²) in [6.45, 7) is 8.04. The molecule has 0 atom stereocenters. The molecular weight excluding hydrogens is 300 g/mol. The van der Waals surface area contributed by atoms with Gasteiger partial charge in [0.2, 0.25) is 0 Å². The van der Waals surface area contributed by atoms with Gasteiger partial charge in [-0.25, -0.2) is 4.79 Å². The summed E-state index contributed by atoms with van der Waals surface area (Å²) in [7, 11) is 0. The van der Waals surface area contributed by atoms with Crippen LogP contribution >= 0.6 is 0 Å². The molecule has 0 radical (unpaired) electrons. The SMILES string of the molecule is CCc1ccc(/C(=C/c2ccc(OC(C)(C)C)cc2)C(=O)O)cc1. The molecule has 3 heteroatoms. The zero-order chi connectivity index (χ0) is 17.7. The molecule has 0 aliphatic heterocycles. The fraction of sp³-hybridized carbons (Fsp3) is 0.286. The Labute approximate surface area is 143 Å². The van der Waals surface area contributed by atoms with Crippen molar-refractivity contribution in [3.8, 4) is 5.75 Å². The van der Waals surface area contributed by atoms with Crippen LogP contribution in [0.25, 0.3) is 11.6 Å². The lowest BCUT2D eigenvalue weighted by Gasteiger charge is -2.21. The third-order valence-electron chi connectivity index (χ3n) is 3.52. The number of carboxylic acids is 1. The van der Waals surface area contributed by atoms with Gasteiger partial charge in [0.05, 0.1) is 5.57 Å². The number of carboxylic acid groups (broad SMARTS) is 1. The van der Waals surface area contributed by atoms with Gasteiger partial charge in [-0.3, -0.25) is 0 Å². The van der Waals surface area contributed by atoms with E-state index in [-0.39, 0.29) is 11.2 Å². The molecule has 0 heterocycles. The fourth-order valence-electron chi connectivity index (χ4n) is 2.34. The van der Waals surface area contributed by atoms with Crippen LogP contribution in [-0.4, -0.2) is 16.7 Å². The van der Waals surface area contributed by atoms with Gasteiger partial charge < -0.3 is 9.84 Å². The lowest BCUT2D eigenvalue weighted by molar-refractivity contribution is -0.130. The van der Waals surface area contributed by atoms with Gasteiger partial charge in [-0.2, -0.15) is 0 Å². The molecule has 126 valence electrons. The Morgan fingerprint density at radius 2 is 1.62 bits per heavy atom. The van der Waals surface area contributed by atoms with Crippen molar-refractivity contribution < 1.29 is 14.6 Å². The second-order valence-electron chi connectivity index (χ2n) is 6.70. The van der Waals surface area contributed by atoms with Gasteiger partial charge in [-0.15, -0.1) is 0 Å². The van der Waals surface area contributed by atoms with Crippen LogP contribution in [0.4, 0.5) is 0 Å². The number of carbonyl (C=O) groups is 1. The van der Waals surface area contributed by atoms with Crippen LogP contribution in [0.15, 0.2) is 48.5 Å². The van der Waals surface area contributed by atoms with Crippen LogP contribution in [0, 0.1) is 0 Å². The number of ether oxygens (including phenoxy) is 1. The number of aliphatic carboxylic acids is 1. The standard InChI is InChI=1S/C21H24O3/c1-5-15-6-10-17(11-7-15)19(20(22)23)14-16-8-12-18(13-9-16)24-21(2,3)4/h6-14H,5H2,1-4H3,(H,22,23)/b19-14-. The molecule has 2 rings (SSSR count). The Hall–Kier alpha value is -2.55. The molecule has 0 unspecified atom stereocenters. The highest BCUT2D eigenvalue weighted by atomic mass is 16.5. The Morgan fingerprint density at radius 1 is 1.04 bits per heavy atom. The average Bonchev–Trinajstić information content (AvgIpc) is 2.52. The number of rotatable bonds is 5. The first-order valence-electron chi connectivity index (χ1n) is 8.12. The maximum Gasteiger partial charge on any atom is 0.336 e. The smallest absolute Gasteiger partial charge is 0.336 e. The molecule has 2 aromatic rings. The van der Waals surface area contributed by atoms with E-state index in [0.29, 0.717) is 5.56 Å². The van der Waals surface area contributed by atoms with E-state index in [2.05, 4.69) is 6.92 Å². The largest absolute Gasteiger partial charge is 0.488 e. The summed E-state index contributed by atoms with van der Waals surface area (Å²) < 4.78 is 5.78. The topological polar surface area (TPSA) is 46.5 Å². The predicted octanol–water partition coefficient (Wildman–Crippen LogP) is 5.05. The summed E-state index contributed by atoms with van der Waals surface area (Å²) >= 11 is 0.